The number of likely N-dealkylation sites (N-methyl/N-ethyl adjacent to an activating group) is 1. The fourth-order valence-corrected chi connectivity index (χ4v) is 3.72. The number of aromatic hydroxyl groups is 1. The SMILES string of the molecule is COc1ccc(O)c(C(CCCN2CCN(C)CC2)c2ccccc2)c1. The highest BCUT2D eigenvalue weighted by Gasteiger charge is 2.20. The van der Waals surface area contributed by atoms with Crippen molar-refractivity contribution in [1.82, 2.24) is 9.80 Å². The Morgan fingerprint density at radius 2 is 1.77 bits per heavy atom. The van der Waals surface area contributed by atoms with E-state index in [1.807, 2.05) is 18.2 Å². The number of rotatable bonds is 7. The van der Waals surface area contributed by atoms with Gasteiger partial charge in [-0.05, 0) is 50.2 Å². The zero-order valence-electron chi connectivity index (χ0n) is 15.9. The second-order valence-electron chi connectivity index (χ2n) is 7.18. The number of hydrogen-bond donors (Lipinski definition) is 1. The average molecular weight is 354 g/mol. The number of hydrogen-bond acceptors (Lipinski definition) is 4. The van der Waals surface area contributed by atoms with Gasteiger partial charge in [0.15, 0.2) is 0 Å². The van der Waals surface area contributed by atoms with Crippen LogP contribution in [-0.2, 0) is 0 Å². The van der Waals surface area contributed by atoms with Crippen LogP contribution in [0, 0.1) is 0 Å². The summed E-state index contributed by atoms with van der Waals surface area (Å²) in [5, 5.41) is 10.5. The minimum absolute atomic E-state index is 0.179. The Bertz CT molecular complexity index is 682. The predicted octanol–water partition coefficient (Wildman–Crippen LogP) is 3.56. The first-order valence-electron chi connectivity index (χ1n) is 9.50. The van der Waals surface area contributed by atoms with E-state index in [4.69, 9.17) is 4.74 Å². The zero-order valence-corrected chi connectivity index (χ0v) is 15.9. The Morgan fingerprint density at radius 3 is 2.46 bits per heavy atom. The lowest BCUT2D eigenvalue weighted by atomic mass is 9.86. The van der Waals surface area contributed by atoms with Gasteiger partial charge in [0, 0.05) is 37.7 Å². The van der Waals surface area contributed by atoms with Crippen molar-refractivity contribution in [2.75, 3.05) is 46.9 Å². The highest BCUT2D eigenvalue weighted by molar-refractivity contribution is 5.45. The van der Waals surface area contributed by atoms with Crippen LogP contribution in [0.1, 0.15) is 29.9 Å². The van der Waals surface area contributed by atoms with Gasteiger partial charge in [0.1, 0.15) is 11.5 Å². The molecule has 1 fully saturated rings. The Morgan fingerprint density at radius 1 is 1.04 bits per heavy atom. The maximum absolute atomic E-state index is 10.5. The lowest BCUT2D eigenvalue weighted by molar-refractivity contribution is 0.151. The van der Waals surface area contributed by atoms with Crippen LogP contribution in [0.4, 0.5) is 0 Å². The molecule has 2 aromatic rings. The second kappa shape index (κ2) is 9.06. The number of ether oxygens (including phenoxy) is 1. The van der Waals surface area contributed by atoms with E-state index in [1.54, 1.807) is 13.2 Å². The third-order valence-electron chi connectivity index (χ3n) is 5.38. The summed E-state index contributed by atoms with van der Waals surface area (Å²) in [6, 6.07) is 16.0. The summed E-state index contributed by atoms with van der Waals surface area (Å²) >= 11 is 0. The Hall–Kier alpha value is -2.04. The van der Waals surface area contributed by atoms with Gasteiger partial charge in [0.2, 0.25) is 0 Å². The van der Waals surface area contributed by atoms with Crippen molar-refractivity contribution in [2.45, 2.75) is 18.8 Å². The molecule has 1 unspecified atom stereocenters. The van der Waals surface area contributed by atoms with Crippen LogP contribution in [0.3, 0.4) is 0 Å². The molecular formula is C22H30N2O2. The van der Waals surface area contributed by atoms with Crippen LogP contribution < -0.4 is 4.74 Å². The van der Waals surface area contributed by atoms with Gasteiger partial charge in [-0.15, -0.1) is 0 Å². The molecule has 0 amide bonds. The quantitative estimate of drug-likeness (QED) is 0.825. The Labute approximate surface area is 157 Å². The summed E-state index contributed by atoms with van der Waals surface area (Å²) in [4.78, 5) is 4.94. The molecule has 0 aliphatic carbocycles. The number of benzene rings is 2. The largest absolute Gasteiger partial charge is 0.508 e. The maximum Gasteiger partial charge on any atom is 0.119 e. The zero-order chi connectivity index (χ0) is 18.4. The molecular weight excluding hydrogens is 324 g/mol. The molecule has 1 atom stereocenters. The van der Waals surface area contributed by atoms with Gasteiger partial charge >= 0.3 is 0 Å². The molecule has 0 spiro atoms. The van der Waals surface area contributed by atoms with E-state index in [1.165, 1.54) is 5.56 Å². The first-order valence-corrected chi connectivity index (χ1v) is 9.50. The van der Waals surface area contributed by atoms with Gasteiger partial charge in [-0.25, -0.2) is 0 Å². The van der Waals surface area contributed by atoms with E-state index in [-0.39, 0.29) is 5.92 Å². The van der Waals surface area contributed by atoms with E-state index in [2.05, 4.69) is 41.1 Å². The Balaban J connectivity index is 1.72. The molecule has 1 N–H and O–H groups in total. The summed E-state index contributed by atoms with van der Waals surface area (Å²) in [5.41, 5.74) is 2.20. The molecule has 1 aliphatic heterocycles. The van der Waals surface area contributed by atoms with Crippen LogP contribution in [0.2, 0.25) is 0 Å². The highest BCUT2D eigenvalue weighted by atomic mass is 16.5. The average Bonchev–Trinajstić information content (AvgIpc) is 2.68. The topological polar surface area (TPSA) is 35.9 Å². The normalized spacial score (nSPS) is 17.2. The van der Waals surface area contributed by atoms with Crippen LogP contribution in [0.5, 0.6) is 11.5 Å². The smallest absolute Gasteiger partial charge is 0.119 e. The minimum atomic E-state index is 0.179. The Kier molecular flexibility index (Phi) is 6.53. The van der Waals surface area contributed by atoms with Crippen molar-refractivity contribution in [3.05, 3.63) is 59.7 Å². The lowest BCUT2D eigenvalue weighted by Gasteiger charge is -2.32. The molecule has 2 aromatic carbocycles. The first kappa shape index (κ1) is 18.7. The van der Waals surface area contributed by atoms with E-state index in [0.717, 1.165) is 56.9 Å². The number of nitrogens with zero attached hydrogens (tertiary/aromatic N) is 2. The van der Waals surface area contributed by atoms with Crippen molar-refractivity contribution in [3.8, 4) is 11.5 Å². The number of piperazine rings is 1. The summed E-state index contributed by atoms with van der Waals surface area (Å²) in [6.07, 6.45) is 2.12. The van der Waals surface area contributed by atoms with E-state index in [0.29, 0.717) is 5.75 Å². The number of phenols is 1. The molecule has 4 heteroatoms. The summed E-state index contributed by atoms with van der Waals surface area (Å²) in [6.45, 7) is 5.72. The first-order chi connectivity index (χ1) is 12.7. The fraction of sp³-hybridized carbons (Fsp3) is 0.455. The van der Waals surface area contributed by atoms with Crippen molar-refractivity contribution < 1.29 is 9.84 Å². The molecule has 0 saturated carbocycles. The van der Waals surface area contributed by atoms with E-state index in [9.17, 15) is 5.11 Å². The van der Waals surface area contributed by atoms with Gasteiger partial charge in [0.25, 0.3) is 0 Å². The van der Waals surface area contributed by atoms with Crippen molar-refractivity contribution >= 4 is 0 Å². The molecule has 0 aromatic heterocycles. The van der Waals surface area contributed by atoms with Gasteiger partial charge in [-0.3, -0.25) is 0 Å². The van der Waals surface area contributed by atoms with Crippen LogP contribution in [-0.4, -0.2) is 61.8 Å². The van der Waals surface area contributed by atoms with Crippen LogP contribution in [0.15, 0.2) is 48.5 Å². The molecule has 0 bridgehead atoms. The molecule has 3 rings (SSSR count). The molecule has 4 nitrogen and oxygen atoms in total. The third-order valence-corrected chi connectivity index (χ3v) is 5.38. The lowest BCUT2D eigenvalue weighted by Crippen LogP contribution is -2.44. The molecule has 26 heavy (non-hydrogen) atoms. The molecule has 0 radical (unpaired) electrons. The van der Waals surface area contributed by atoms with Crippen LogP contribution >= 0.6 is 0 Å². The minimum Gasteiger partial charge on any atom is -0.508 e. The number of methoxy groups -OCH3 is 1. The molecule has 1 saturated heterocycles. The van der Waals surface area contributed by atoms with Crippen LogP contribution in [0.25, 0.3) is 0 Å². The second-order valence-corrected chi connectivity index (χ2v) is 7.18. The van der Waals surface area contributed by atoms with Crippen molar-refractivity contribution in [3.63, 3.8) is 0 Å². The maximum atomic E-state index is 10.5. The highest BCUT2D eigenvalue weighted by Crippen LogP contribution is 2.37. The molecule has 1 aliphatic rings. The van der Waals surface area contributed by atoms with E-state index >= 15 is 0 Å². The third kappa shape index (κ3) is 4.77. The summed E-state index contributed by atoms with van der Waals surface area (Å²) in [7, 11) is 3.86. The van der Waals surface area contributed by atoms with Gasteiger partial charge in [0.05, 0.1) is 7.11 Å². The predicted molar refractivity (Wildman–Crippen MR) is 106 cm³/mol. The van der Waals surface area contributed by atoms with Crippen molar-refractivity contribution in [2.24, 2.45) is 0 Å². The summed E-state index contributed by atoms with van der Waals surface area (Å²) in [5.74, 6) is 1.32. The summed E-state index contributed by atoms with van der Waals surface area (Å²) < 4.78 is 5.38. The monoisotopic (exact) mass is 354 g/mol. The molecule has 140 valence electrons. The molecule has 1 heterocycles. The standard InChI is InChI=1S/C22H30N2O2/c1-23-13-15-24(16-14-23)12-6-9-20(18-7-4-3-5-8-18)21-17-19(26-2)10-11-22(21)25/h3-5,7-8,10-11,17,20,25H,6,9,12-16H2,1-2H3. The van der Waals surface area contributed by atoms with Gasteiger partial charge in [-0.2, -0.15) is 0 Å². The van der Waals surface area contributed by atoms with Crippen molar-refractivity contribution in [1.29, 1.82) is 0 Å². The van der Waals surface area contributed by atoms with Gasteiger partial charge < -0.3 is 19.6 Å². The number of phenolic OH excluding ortho intramolecular Hbond substituents is 1. The van der Waals surface area contributed by atoms with Gasteiger partial charge in [-0.1, -0.05) is 30.3 Å². The fourth-order valence-electron chi connectivity index (χ4n) is 3.72. The van der Waals surface area contributed by atoms with E-state index < -0.39 is 0 Å².